The maximum atomic E-state index is 6.02. The van der Waals surface area contributed by atoms with Crippen LogP contribution >= 0.6 is 0 Å². The van der Waals surface area contributed by atoms with Gasteiger partial charge in [-0.05, 0) is 26.8 Å². The Morgan fingerprint density at radius 2 is 2.36 bits per heavy atom. The van der Waals surface area contributed by atoms with Gasteiger partial charge in [-0.3, -0.25) is 5.32 Å². The summed E-state index contributed by atoms with van der Waals surface area (Å²) in [6, 6.07) is 0. The van der Waals surface area contributed by atoms with Crippen molar-refractivity contribution in [2.75, 3.05) is 13.7 Å². The molecular weight excluding hydrogens is 140 g/mol. The summed E-state index contributed by atoms with van der Waals surface area (Å²) in [7, 11) is 1.91. The van der Waals surface area contributed by atoms with E-state index < -0.39 is 0 Å². The maximum Gasteiger partial charge on any atom is 0.109 e. The van der Waals surface area contributed by atoms with Crippen LogP contribution in [0.4, 0.5) is 0 Å². The molecule has 2 unspecified atom stereocenters. The molecule has 0 aliphatic carbocycles. The predicted octanol–water partition coefficient (Wildman–Crippen LogP) is 0.450. The van der Waals surface area contributed by atoms with Crippen LogP contribution in [0.5, 0.6) is 0 Å². The van der Waals surface area contributed by atoms with Crippen LogP contribution in [-0.2, 0) is 4.74 Å². The van der Waals surface area contributed by atoms with Crippen LogP contribution in [0.25, 0.3) is 0 Å². The Bertz CT molecular complexity index is 125. The number of hydrogen-bond acceptors (Lipinski definition) is 3. The molecule has 66 valence electrons. The Balaban J connectivity index is 2.47. The van der Waals surface area contributed by atoms with E-state index in [0.717, 1.165) is 25.9 Å². The molecule has 1 aliphatic heterocycles. The van der Waals surface area contributed by atoms with Crippen LogP contribution in [-0.4, -0.2) is 25.4 Å². The monoisotopic (exact) mass is 158 g/mol. The van der Waals surface area contributed by atoms with Gasteiger partial charge in [-0.2, -0.15) is 0 Å². The van der Waals surface area contributed by atoms with Crippen molar-refractivity contribution < 1.29 is 4.74 Å². The summed E-state index contributed by atoms with van der Waals surface area (Å²) in [5.74, 6) is 0. The largest absolute Gasteiger partial charge is 0.363 e. The molecule has 0 radical (unpaired) electrons. The van der Waals surface area contributed by atoms with Gasteiger partial charge in [-0.25, -0.2) is 0 Å². The van der Waals surface area contributed by atoms with Crippen molar-refractivity contribution >= 4 is 0 Å². The smallest absolute Gasteiger partial charge is 0.109 e. The highest BCUT2D eigenvalue weighted by Gasteiger charge is 2.25. The van der Waals surface area contributed by atoms with Crippen molar-refractivity contribution in [3.63, 3.8) is 0 Å². The van der Waals surface area contributed by atoms with Crippen LogP contribution in [0.3, 0.4) is 0 Å². The fraction of sp³-hybridized carbons (Fsp3) is 1.00. The lowest BCUT2D eigenvalue weighted by molar-refractivity contribution is 0.0345. The minimum absolute atomic E-state index is 0.0514. The topological polar surface area (TPSA) is 47.3 Å². The molecule has 1 heterocycles. The van der Waals surface area contributed by atoms with Gasteiger partial charge in [-0.1, -0.05) is 0 Å². The minimum atomic E-state index is -0.0514. The van der Waals surface area contributed by atoms with E-state index in [-0.39, 0.29) is 11.8 Å². The molecule has 0 aromatic rings. The van der Waals surface area contributed by atoms with Gasteiger partial charge in [-0.15, -0.1) is 0 Å². The summed E-state index contributed by atoms with van der Waals surface area (Å²) < 4.78 is 5.50. The Kier molecular flexibility index (Phi) is 2.87. The number of nitrogens with one attached hydrogen (secondary N) is 1. The number of ether oxygens (including phenoxy) is 1. The molecule has 1 aliphatic rings. The second-order valence-corrected chi connectivity index (χ2v) is 3.61. The lowest BCUT2D eigenvalue weighted by Crippen LogP contribution is -2.42. The third-order valence-electron chi connectivity index (χ3n) is 2.18. The first-order valence-electron chi connectivity index (χ1n) is 4.22. The molecule has 3 heteroatoms. The van der Waals surface area contributed by atoms with Crippen LogP contribution in [0.2, 0.25) is 0 Å². The van der Waals surface area contributed by atoms with Gasteiger partial charge < -0.3 is 10.5 Å². The molecule has 3 N–H and O–H groups in total. The summed E-state index contributed by atoms with van der Waals surface area (Å²) in [6.07, 6.45) is 3.19. The van der Waals surface area contributed by atoms with Gasteiger partial charge in [0.15, 0.2) is 0 Å². The normalized spacial score (nSPS) is 40.1. The van der Waals surface area contributed by atoms with E-state index in [2.05, 4.69) is 12.2 Å². The average Bonchev–Trinajstić information content (AvgIpc) is 2.10. The molecule has 1 fully saturated rings. The fourth-order valence-electron chi connectivity index (χ4n) is 1.47. The van der Waals surface area contributed by atoms with E-state index in [1.54, 1.807) is 0 Å². The molecular formula is C8H18N2O. The summed E-state index contributed by atoms with van der Waals surface area (Å²) in [6.45, 7) is 2.92. The number of nitrogens with two attached hydrogens (primary N) is 1. The molecule has 0 bridgehead atoms. The highest BCUT2D eigenvalue weighted by atomic mass is 16.5. The lowest BCUT2D eigenvalue weighted by atomic mass is 9.93. The molecule has 1 rings (SSSR count). The quantitative estimate of drug-likeness (QED) is 0.582. The first-order valence-corrected chi connectivity index (χ1v) is 4.22. The van der Waals surface area contributed by atoms with Crippen molar-refractivity contribution in [2.45, 2.75) is 38.0 Å². The van der Waals surface area contributed by atoms with Gasteiger partial charge in [0.1, 0.15) is 6.23 Å². The molecule has 0 spiro atoms. The Morgan fingerprint density at radius 3 is 3.00 bits per heavy atom. The second-order valence-electron chi connectivity index (χ2n) is 3.61. The number of rotatable bonds is 1. The third kappa shape index (κ3) is 2.77. The minimum Gasteiger partial charge on any atom is -0.363 e. The first-order chi connectivity index (χ1) is 5.14. The van der Waals surface area contributed by atoms with E-state index in [1.807, 2.05) is 7.05 Å². The van der Waals surface area contributed by atoms with Gasteiger partial charge in [0.05, 0.1) is 0 Å². The van der Waals surface area contributed by atoms with Gasteiger partial charge >= 0.3 is 0 Å². The second kappa shape index (κ2) is 3.52. The molecule has 3 nitrogen and oxygen atoms in total. The Hall–Kier alpha value is -0.120. The zero-order chi connectivity index (χ0) is 8.32. The summed E-state index contributed by atoms with van der Waals surface area (Å²) in [4.78, 5) is 0. The lowest BCUT2D eigenvalue weighted by Gasteiger charge is -2.25. The zero-order valence-electron chi connectivity index (χ0n) is 7.39. The van der Waals surface area contributed by atoms with Crippen LogP contribution in [0.15, 0.2) is 0 Å². The highest BCUT2D eigenvalue weighted by Crippen LogP contribution is 2.20. The SMILES string of the molecule is CNC1CC(C)(N)CCCO1. The van der Waals surface area contributed by atoms with Crippen molar-refractivity contribution in [2.24, 2.45) is 5.73 Å². The van der Waals surface area contributed by atoms with Crippen LogP contribution in [0.1, 0.15) is 26.2 Å². The highest BCUT2D eigenvalue weighted by molar-refractivity contribution is 4.83. The molecule has 0 aromatic heterocycles. The van der Waals surface area contributed by atoms with Crippen molar-refractivity contribution in [1.82, 2.24) is 5.32 Å². The predicted molar refractivity (Wildman–Crippen MR) is 45.2 cm³/mol. The average molecular weight is 158 g/mol. The maximum absolute atomic E-state index is 6.02. The summed E-state index contributed by atoms with van der Waals surface area (Å²) in [5, 5.41) is 3.10. The molecule has 2 atom stereocenters. The number of hydrogen-bond donors (Lipinski definition) is 2. The molecule has 0 amide bonds. The fourth-order valence-corrected chi connectivity index (χ4v) is 1.47. The molecule has 1 saturated heterocycles. The molecule has 0 saturated carbocycles. The van der Waals surface area contributed by atoms with E-state index in [1.165, 1.54) is 0 Å². The van der Waals surface area contributed by atoms with Gasteiger partial charge in [0.25, 0.3) is 0 Å². The molecule has 0 aromatic carbocycles. The standard InChI is InChI=1S/C8H18N2O/c1-8(9)4-3-5-11-7(6-8)10-2/h7,10H,3-6,9H2,1-2H3. The van der Waals surface area contributed by atoms with Crippen LogP contribution in [0, 0.1) is 0 Å². The summed E-state index contributed by atoms with van der Waals surface area (Å²) in [5.41, 5.74) is 5.97. The zero-order valence-corrected chi connectivity index (χ0v) is 7.39. The molecule has 11 heavy (non-hydrogen) atoms. The van der Waals surface area contributed by atoms with Crippen molar-refractivity contribution in [1.29, 1.82) is 0 Å². The third-order valence-corrected chi connectivity index (χ3v) is 2.18. The van der Waals surface area contributed by atoms with Gasteiger partial charge in [0, 0.05) is 18.6 Å². The van der Waals surface area contributed by atoms with E-state index in [4.69, 9.17) is 10.5 Å². The van der Waals surface area contributed by atoms with E-state index in [9.17, 15) is 0 Å². The van der Waals surface area contributed by atoms with Crippen molar-refractivity contribution in [3.05, 3.63) is 0 Å². The Labute approximate surface area is 68.3 Å². The first kappa shape index (κ1) is 8.97. The Morgan fingerprint density at radius 1 is 1.64 bits per heavy atom. The summed E-state index contributed by atoms with van der Waals surface area (Å²) >= 11 is 0. The van der Waals surface area contributed by atoms with Crippen LogP contribution < -0.4 is 11.1 Å². The van der Waals surface area contributed by atoms with E-state index in [0.29, 0.717) is 0 Å². The van der Waals surface area contributed by atoms with E-state index >= 15 is 0 Å². The van der Waals surface area contributed by atoms with Crippen molar-refractivity contribution in [3.8, 4) is 0 Å². The van der Waals surface area contributed by atoms with Gasteiger partial charge in [0.2, 0.25) is 0 Å².